The highest BCUT2D eigenvalue weighted by Crippen LogP contribution is 2.27. The van der Waals surface area contributed by atoms with Crippen LogP contribution in [0.2, 0.25) is 0 Å². The fourth-order valence-corrected chi connectivity index (χ4v) is 2.53. The van der Waals surface area contributed by atoms with Crippen molar-refractivity contribution >= 4 is 17.3 Å². The summed E-state index contributed by atoms with van der Waals surface area (Å²) in [5.74, 6) is -0.0510. The maximum atomic E-state index is 11.5. The number of likely N-dealkylation sites (tertiary alicyclic amines) is 1. The molecule has 1 aliphatic rings. The summed E-state index contributed by atoms with van der Waals surface area (Å²) in [4.78, 5) is 24.4. The summed E-state index contributed by atoms with van der Waals surface area (Å²) in [5.41, 5.74) is 0.626. The van der Waals surface area contributed by atoms with Gasteiger partial charge in [0.1, 0.15) is 5.69 Å². The van der Waals surface area contributed by atoms with Crippen LogP contribution in [0.15, 0.2) is 18.2 Å². The van der Waals surface area contributed by atoms with Gasteiger partial charge in [-0.1, -0.05) is 0 Å². The molecule has 114 valence electrons. The van der Waals surface area contributed by atoms with Gasteiger partial charge in [0.15, 0.2) is 0 Å². The third-order valence-electron chi connectivity index (χ3n) is 3.68. The van der Waals surface area contributed by atoms with E-state index >= 15 is 0 Å². The highest BCUT2D eigenvalue weighted by atomic mass is 16.6. The summed E-state index contributed by atoms with van der Waals surface area (Å²) in [7, 11) is 3.34. The molecule has 0 saturated carbocycles. The Bertz CT molecular complexity index is 547. The highest BCUT2D eigenvalue weighted by Gasteiger charge is 2.21. The van der Waals surface area contributed by atoms with Crippen molar-refractivity contribution in [2.45, 2.75) is 6.42 Å². The summed E-state index contributed by atoms with van der Waals surface area (Å²) in [6.45, 7) is 2.66. The maximum Gasteiger partial charge on any atom is 0.337 e. The third kappa shape index (κ3) is 3.69. The van der Waals surface area contributed by atoms with Gasteiger partial charge in [-0.3, -0.25) is 10.1 Å². The summed E-state index contributed by atoms with van der Waals surface area (Å²) >= 11 is 0. The summed E-state index contributed by atoms with van der Waals surface area (Å²) in [6.07, 6.45) is 1.06. The van der Waals surface area contributed by atoms with Crippen LogP contribution in [0.1, 0.15) is 16.8 Å². The minimum Gasteiger partial charge on any atom is -0.465 e. The van der Waals surface area contributed by atoms with Crippen LogP contribution < -0.4 is 5.32 Å². The summed E-state index contributed by atoms with van der Waals surface area (Å²) < 4.78 is 4.64. The molecule has 1 aromatic carbocycles. The Hall–Kier alpha value is -2.15. The molecule has 1 aliphatic heterocycles. The van der Waals surface area contributed by atoms with Crippen molar-refractivity contribution in [1.82, 2.24) is 4.90 Å². The molecule has 1 unspecified atom stereocenters. The number of anilines is 1. The zero-order valence-electron chi connectivity index (χ0n) is 12.2. The molecule has 1 fully saturated rings. The van der Waals surface area contributed by atoms with Gasteiger partial charge < -0.3 is 15.0 Å². The van der Waals surface area contributed by atoms with Crippen molar-refractivity contribution in [3.8, 4) is 0 Å². The molecule has 7 nitrogen and oxygen atoms in total. The van der Waals surface area contributed by atoms with Gasteiger partial charge in [-0.2, -0.15) is 0 Å². The highest BCUT2D eigenvalue weighted by molar-refractivity contribution is 5.91. The first-order chi connectivity index (χ1) is 10.0. The number of hydrogen-bond donors (Lipinski definition) is 1. The smallest absolute Gasteiger partial charge is 0.337 e. The fraction of sp³-hybridized carbons (Fsp3) is 0.500. The summed E-state index contributed by atoms with van der Waals surface area (Å²) in [6, 6.07) is 4.20. The van der Waals surface area contributed by atoms with Crippen LogP contribution in [0.3, 0.4) is 0 Å². The number of carbonyl (C=O) groups excluding carboxylic acids is 1. The largest absolute Gasteiger partial charge is 0.465 e. The minimum absolute atomic E-state index is 0.0333. The Balaban J connectivity index is 2.14. The van der Waals surface area contributed by atoms with E-state index in [-0.39, 0.29) is 5.69 Å². The first-order valence-electron chi connectivity index (χ1n) is 6.80. The van der Waals surface area contributed by atoms with E-state index in [9.17, 15) is 14.9 Å². The lowest BCUT2D eigenvalue weighted by Crippen LogP contribution is -2.19. The molecule has 7 heteroatoms. The summed E-state index contributed by atoms with van der Waals surface area (Å²) in [5, 5.41) is 14.2. The molecule has 0 aliphatic carbocycles. The quantitative estimate of drug-likeness (QED) is 0.506. The first kappa shape index (κ1) is 15.2. The number of esters is 1. The number of carbonyl (C=O) groups is 1. The van der Waals surface area contributed by atoms with E-state index in [1.165, 1.54) is 25.3 Å². The number of benzene rings is 1. The molecule has 1 saturated heterocycles. The van der Waals surface area contributed by atoms with Gasteiger partial charge in [-0.25, -0.2) is 4.79 Å². The predicted molar refractivity (Wildman–Crippen MR) is 78.5 cm³/mol. The fourth-order valence-electron chi connectivity index (χ4n) is 2.53. The molecule has 0 bridgehead atoms. The molecule has 2 rings (SSSR count). The third-order valence-corrected chi connectivity index (χ3v) is 3.68. The average molecular weight is 293 g/mol. The zero-order chi connectivity index (χ0) is 15.4. The standard InChI is InChI=1S/C14H19N3O4/c1-16-6-5-10(9-16)8-15-12-7-11(14(18)21-2)3-4-13(12)17(19)20/h3-4,7,10,15H,5-6,8-9H2,1-2H3. The molecule has 1 atom stereocenters. The van der Waals surface area contributed by atoms with Crippen LogP contribution in [0.5, 0.6) is 0 Å². The van der Waals surface area contributed by atoms with Crippen LogP contribution in [-0.4, -0.2) is 49.6 Å². The average Bonchev–Trinajstić information content (AvgIpc) is 2.89. The predicted octanol–water partition coefficient (Wildman–Crippen LogP) is 1.74. The number of rotatable bonds is 5. The van der Waals surface area contributed by atoms with E-state index in [0.717, 1.165) is 19.5 Å². The number of nitrogens with one attached hydrogen (secondary N) is 1. The molecular formula is C14H19N3O4. The Morgan fingerprint density at radius 3 is 2.90 bits per heavy atom. The van der Waals surface area contributed by atoms with E-state index in [1.54, 1.807) is 0 Å². The number of nitrogens with zero attached hydrogens (tertiary/aromatic N) is 2. The van der Waals surface area contributed by atoms with E-state index < -0.39 is 10.9 Å². The lowest BCUT2D eigenvalue weighted by molar-refractivity contribution is -0.384. The van der Waals surface area contributed by atoms with E-state index in [0.29, 0.717) is 23.7 Å². The SMILES string of the molecule is COC(=O)c1ccc([N+](=O)[O-])c(NCC2CCN(C)C2)c1. The van der Waals surface area contributed by atoms with Crippen LogP contribution in [0, 0.1) is 16.0 Å². The molecule has 0 spiro atoms. The van der Waals surface area contributed by atoms with Crippen molar-refractivity contribution < 1.29 is 14.5 Å². The van der Waals surface area contributed by atoms with Crippen LogP contribution in [-0.2, 0) is 4.74 Å². The maximum absolute atomic E-state index is 11.5. The van der Waals surface area contributed by atoms with Gasteiger partial charge >= 0.3 is 5.97 Å². The number of nitro benzene ring substituents is 1. The van der Waals surface area contributed by atoms with Gasteiger partial charge in [0, 0.05) is 19.2 Å². The van der Waals surface area contributed by atoms with Crippen molar-refractivity contribution in [3.63, 3.8) is 0 Å². The van der Waals surface area contributed by atoms with Gasteiger partial charge in [0.25, 0.3) is 5.69 Å². The molecule has 1 aromatic rings. The van der Waals surface area contributed by atoms with Crippen molar-refractivity contribution in [2.24, 2.45) is 5.92 Å². The van der Waals surface area contributed by atoms with Crippen molar-refractivity contribution in [2.75, 3.05) is 39.1 Å². The van der Waals surface area contributed by atoms with Gasteiger partial charge in [0.2, 0.25) is 0 Å². The van der Waals surface area contributed by atoms with E-state index in [1.807, 2.05) is 0 Å². The molecule has 0 aromatic heterocycles. The van der Waals surface area contributed by atoms with Gasteiger partial charge in [-0.15, -0.1) is 0 Å². The second-order valence-electron chi connectivity index (χ2n) is 5.28. The monoisotopic (exact) mass is 293 g/mol. The zero-order valence-corrected chi connectivity index (χ0v) is 12.2. The van der Waals surface area contributed by atoms with Crippen LogP contribution >= 0.6 is 0 Å². The number of methoxy groups -OCH3 is 1. The first-order valence-corrected chi connectivity index (χ1v) is 6.80. The number of hydrogen-bond acceptors (Lipinski definition) is 6. The Kier molecular flexibility index (Phi) is 4.74. The normalized spacial score (nSPS) is 18.5. The van der Waals surface area contributed by atoms with Crippen molar-refractivity contribution in [3.05, 3.63) is 33.9 Å². The molecule has 21 heavy (non-hydrogen) atoms. The van der Waals surface area contributed by atoms with Crippen LogP contribution in [0.25, 0.3) is 0 Å². The lowest BCUT2D eigenvalue weighted by Gasteiger charge is -2.13. The minimum atomic E-state index is -0.506. The molecular weight excluding hydrogens is 274 g/mol. The Labute approximate surface area is 123 Å². The number of ether oxygens (including phenoxy) is 1. The molecule has 0 radical (unpaired) electrons. The Morgan fingerprint density at radius 1 is 1.57 bits per heavy atom. The second-order valence-corrected chi connectivity index (χ2v) is 5.28. The van der Waals surface area contributed by atoms with Crippen LogP contribution in [0.4, 0.5) is 11.4 Å². The van der Waals surface area contributed by atoms with E-state index in [2.05, 4.69) is 22.0 Å². The Morgan fingerprint density at radius 2 is 2.33 bits per heavy atom. The molecule has 1 N–H and O–H groups in total. The van der Waals surface area contributed by atoms with Gasteiger partial charge in [-0.05, 0) is 38.1 Å². The molecule has 0 amide bonds. The molecule has 1 heterocycles. The van der Waals surface area contributed by atoms with Gasteiger partial charge in [0.05, 0.1) is 17.6 Å². The lowest BCUT2D eigenvalue weighted by atomic mass is 10.1. The van der Waals surface area contributed by atoms with E-state index in [4.69, 9.17) is 0 Å². The topological polar surface area (TPSA) is 84.7 Å². The van der Waals surface area contributed by atoms with Crippen molar-refractivity contribution in [1.29, 1.82) is 0 Å². The second kappa shape index (κ2) is 6.53. The number of nitro groups is 1.